The Hall–Kier alpha value is -0.870. The maximum atomic E-state index is 5.66. The van der Waals surface area contributed by atoms with Crippen molar-refractivity contribution in [1.82, 2.24) is 14.9 Å². The first-order valence-electron chi connectivity index (χ1n) is 7.65. The van der Waals surface area contributed by atoms with E-state index >= 15 is 0 Å². The van der Waals surface area contributed by atoms with Crippen LogP contribution in [0.15, 0.2) is 18.7 Å². The molecule has 1 aromatic rings. The van der Waals surface area contributed by atoms with Gasteiger partial charge in [-0.1, -0.05) is 12.8 Å². The Labute approximate surface area is 115 Å². The Balaban J connectivity index is 1.64. The zero-order valence-electron chi connectivity index (χ0n) is 11.8. The van der Waals surface area contributed by atoms with Crippen molar-refractivity contribution in [3.05, 3.63) is 18.7 Å². The van der Waals surface area contributed by atoms with Gasteiger partial charge in [-0.15, -0.1) is 0 Å². The molecule has 2 saturated carbocycles. The van der Waals surface area contributed by atoms with Gasteiger partial charge in [-0.25, -0.2) is 4.98 Å². The number of ether oxygens (including phenoxy) is 1. The van der Waals surface area contributed by atoms with Crippen LogP contribution in [0.4, 0.5) is 0 Å². The molecule has 2 aliphatic rings. The van der Waals surface area contributed by atoms with Crippen molar-refractivity contribution in [3.63, 3.8) is 0 Å². The molecular formula is C15H25N3O. The van der Waals surface area contributed by atoms with E-state index in [1.807, 2.05) is 19.6 Å². The van der Waals surface area contributed by atoms with E-state index in [2.05, 4.69) is 21.1 Å². The average molecular weight is 263 g/mol. The molecule has 0 spiro atoms. The zero-order chi connectivity index (χ0) is 13.1. The molecule has 4 unspecified atom stereocenters. The minimum atomic E-state index is 0.401. The molecule has 1 aromatic heterocycles. The predicted octanol–water partition coefficient (Wildman–Crippen LogP) is 2.52. The van der Waals surface area contributed by atoms with Crippen LogP contribution in [0.3, 0.4) is 0 Å². The van der Waals surface area contributed by atoms with Gasteiger partial charge in [-0.3, -0.25) is 0 Å². The second-order valence-corrected chi connectivity index (χ2v) is 5.95. The molecular weight excluding hydrogens is 238 g/mol. The summed E-state index contributed by atoms with van der Waals surface area (Å²) in [5.74, 6) is 0. The highest BCUT2D eigenvalue weighted by atomic mass is 16.5. The fourth-order valence-electron chi connectivity index (χ4n) is 3.80. The highest BCUT2D eigenvalue weighted by molar-refractivity contribution is 4.95. The number of aromatic nitrogens is 2. The Bertz CT molecular complexity index is 379. The van der Waals surface area contributed by atoms with E-state index in [4.69, 9.17) is 4.74 Å². The number of imidazole rings is 1. The minimum Gasteiger partial charge on any atom is -0.380 e. The van der Waals surface area contributed by atoms with Crippen molar-refractivity contribution >= 4 is 0 Å². The standard InChI is InChI=1S/C15H25N3O/c1-19-15-8-3-2-5-13(15)17-12-6-4-7-14(12)18-10-9-16-11-18/h9-15,17H,2-8H2,1H3. The van der Waals surface area contributed by atoms with E-state index in [9.17, 15) is 0 Å². The highest BCUT2D eigenvalue weighted by Gasteiger charge is 2.33. The first kappa shape index (κ1) is 13.1. The van der Waals surface area contributed by atoms with Crippen LogP contribution in [0.25, 0.3) is 0 Å². The lowest BCUT2D eigenvalue weighted by atomic mass is 9.91. The number of nitrogens with zero attached hydrogens (tertiary/aromatic N) is 2. The fraction of sp³-hybridized carbons (Fsp3) is 0.800. The van der Waals surface area contributed by atoms with E-state index in [0.29, 0.717) is 24.2 Å². The topological polar surface area (TPSA) is 39.1 Å². The summed E-state index contributed by atoms with van der Waals surface area (Å²) in [5.41, 5.74) is 0. The molecule has 106 valence electrons. The summed E-state index contributed by atoms with van der Waals surface area (Å²) in [6.45, 7) is 0. The summed E-state index contributed by atoms with van der Waals surface area (Å²) < 4.78 is 7.93. The third-order valence-corrected chi connectivity index (χ3v) is 4.82. The van der Waals surface area contributed by atoms with Crippen LogP contribution in [0, 0.1) is 0 Å². The van der Waals surface area contributed by atoms with Gasteiger partial charge in [0.05, 0.1) is 12.4 Å². The van der Waals surface area contributed by atoms with Crippen LogP contribution in [-0.2, 0) is 4.74 Å². The van der Waals surface area contributed by atoms with Crippen molar-refractivity contribution < 1.29 is 4.74 Å². The normalized spacial score (nSPS) is 35.6. The highest BCUT2D eigenvalue weighted by Crippen LogP contribution is 2.32. The van der Waals surface area contributed by atoms with Gasteiger partial charge in [-0.2, -0.15) is 0 Å². The van der Waals surface area contributed by atoms with Crippen molar-refractivity contribution in [2.24, 2.45) is 0 Å². The van der Waals surface area contributed by atoms with Gasteiger partial charge in [0, 0.05) is 37.6 Å². The van der Waals surface area contributed by atoms with E-state index < -0.39 is 0 Å². The Morgan fingerprint density at radius 2 is 1.95 bits per heavy atom. The first-order chi connectivity index (χ1) is 9.38. The third kappa shape index (κ3) is 2.84. The van der Waals surface area contributed by atoms with Crippen LogP contribution < -0.4 is 5.32 Å². The molecule has 4 heteroatoms. The molecule has 0 saturated heterocycles. The molecule has 4 nitrogen and oxygen atoms in total. The smallest absolute Gasteiger partial charge is 0.0949 e. The van der Waals surface area contributed by atoms with Crippen molar-refractivity contribution in [2.75, 3.05) is 7.11 Å². The van der Waals surface area contributed by atoms with Crippen molar-refractivity contribution in [1.29, 1.82) is 0 Å². The summed E-state index contributed by atoms with van der Waals surface area (Å²) in [7, 11) is 1.85. The van der Waals surface area contributed by atoms with Gasteiger partial charge in [-0.05, 0) is 32.1 Å². The molecule has 0 aromatic carbocycles. The SMILES string of the molecule is COC1CCCCC1NC1CCCC1n1ccnc1. The average Bonchev–Trinajstić information content (AvgIpc) is 3.09. The van der Waals surface area contributed by atoms with Gasteiger partial charge in [0.1, 0.15) is 0 Å². The summed E-state index contributed by atoms with van der Waals surface area (Å²) in [6.07, 6.45) is 15.3. The monoisotopic (exact) mass is 263 g/mol. The molecule has 0 radical (unpaired) electrons. The number of hydrogen-bond donors (Lipinski definition) is 1. The van der Waals surface area contributed by atoms with Crippen LogP contribution in [0.2, 0.25) is 0 Å². The van der Waals surface area contributed by atoms with Crippen molar-refractivity contribution in [3.8, 4) is 0 Å². The molecule has 3 rings (SSSR count). The number of nitrogens with one attached hydrogen (secondary N) is 1. The summed E-state index contributed by atoms with van der Waals surface area (Å²) >= 11 is 0. The molecule has 0 amide bonds. The van der Waals surface area contributed by atoms with E-state index in [-0.39, 0.29) is 0 Å². The van der Waals surface area contributed by atoms with Gasteiger partial charge >= 0.3 is 0 Å². The lowest BCUT2D eigenvalue weighted by Gasteiger charge is -2.35. The Morgan fingerprint density at radius 1 is 1.11 bits per heavy atom. The maximum Gasteiger partial charge on any atom is 0.0949 e. The number of hydrogen-bond acceptors (Lipinski definition) is 3. The molecule has 2 aliphatic carbocycles. The summed E-state index contributed by atoms with van der Waals surface area (Å²) in [4.78, 5) is 4.19. The lowest BCUT2D eigenvalue weighted by molar-refractivity contribution is 0.0361. The van der Waals surface area contributed by atoms with Gasteiger partial charge in [0.25, 0.3) is 0 Å². The largest absolute Gasteiger partial charge is 0.380 e. The predicted molar refractivity (Wildman–Crippen MR) is 75.1 cm³/mol. The second-order valence-electron chi connectivity index (χ2n) is 5.95. The van der Waals surface area contributed by atoms with E-state index in [0.717, 1.165) is 0 Å². The van der Waals surface area contributed by atoms with Gasteiger partial charge in [0.2, 0.25) is 0 Å². The van der Waals surface area contributed by atoms with E-state index in [1.165, 1.54) is 44.9 Å². The maximum absolute atomic E-state index is 5.66. The van der Waals surface area contributed by atoms with Crippen molar-refractivity contribution in [2.45, 2.75) is 69.2 Å². The molecule has 1 N–H and O–H groups in total. The summed E-state index contributed by atoms with van der Waals surface area (Å²) in [5, 5.41) is 3.88. The molecule has 4 atom stereocenters. The number of methoxy groups -OCH3 is 1. The van der Waals surface area contributed by atoms with Crippen LogP contribution >= 0.6 is 0 Å². The van der Waals surface area contributed by atoms with Gasteiger partial charge < -0.3 is 14.6 Å². The lowest BCUT2D eigenvalue weighted by Crippen LogP contribution is -2.49. The van der Waals surface area contributed by atoms with E-state index in [1.54, 1.807) is 0 Å². The first-order valence-corrected chi connectivity index (χ1v) is 7.65. The Morgan fingerprint density at radius 3 is 2.74 bits per heavy atom. The molecule has 1 heterocycles. The molecule has 0 bridgehead atoms. The van der Waals surface area contributed by atoms with Crippen LogP contribution in [0.1, 0.15) is 51.0 Å². The van der Waals surface area contributed by atoms with Crippen LogP contribution in [0.5, 0.6) is 0 Å². The second kappa shape index (κ2) is 6.06. The minimum absolute atomic E-state index is 0.401. The Kier molecular flexibility index (Phi) is 4.18. The molecule has 2 fully saturated rings. The summed E-state index contributed by atoms with van der Waals surface area (Å²) in [6, 6.07) is 1.68. The molecule has 0 aliphatic heterocycles. The quantitative estimate of drug-likeness (QED) is 0.907. The fourth-order valence-corrected chi connectivity index (χ4v) is 3.80. The zero-order valence-corrected chi connectivity index (χ0v) is 11.8. The third-order valence-electron chi connectivity index (χ3n) is 4.82. The van der Waals surface area contributed by atoms with Gasteiger partial charge in [0.15, 0.2) is 0 Å². The molecule has 19 heavy (non-hydrogen) atoms. The van der Waals surface area contributed by atoms with Crippen LogP contribution in [-0.4, -0.2) is 34.8 Å². The number of rotatable bonds is 4.